The van der Waals surface area contributed by atoms with Crippen molar-refractivity contribution in [1.82, 2.24) is 4.90 Å². The monoisotopic (exact) mass is 396 g/mol. The van der Waals surface area contributed by atoms with Crippen LogP contribution in [-0.4, -0.2) is 35.2 Å². The molecule has 2 amide bonds. The highest BCUT2D eigenvalue weighted by Crippen LogP contribution is 2.40. The van der Waals surface area contributed by atoms with Crippen LogP contribution in [0.1, 0.15) is 48.0 Å². The van der Waals surface area contributed by atoms with E-state index in [1.807, 2.05) is 0 Å². The number of hydrogen-bond donors (Lipinski definition) is 0. The minimum atomic E-state index is -0.802. The molecule has 2 aromatic carbocycles. The lowest BCUT2D eigenvalue weighted by molar-refractivity contribution is -0.125. The number of halogens is 1. The van der Waals surface area contributed by atoms with Gasteiger partial charge in [-0.2, -0.15) is 0 Å². The summed E-state index contributed by atoms with van der Waals surface area (Å²) in [4.78, 5) is 32.9. The predicted octanol–water partition coefficient (Wildman–Crippen LogP) is 4.48. The molecule has 2 aliphatic rings. The van der Waals surface area contributed by atoms with Crippen molar-refractivity contribution in [1.29, 1.82) is 0 Å². The van der Waals surface area contributed by atoms with Gasteiger partial charge in [0.25, 0.3) is 11.8 Å². The molecule has 5 nitrogen and oxygen atoms in total. The fourth-order valence-corrected chi connectivity index (χ4v) is 4.21. The molecule has 0 radical (unpaired) electrons. The summed E-state index contributed by atoms with van der Waals surface area (Å²) in [5.41, 5.74) is 0.623. The van der Waals surface area contributed by atoms with E-state index < -0.39 is 5.66 Å². The zero-order valence-corrected chi connectivity index (χ0v) is 16.4. The van der Waals surface area contributed by atoms with Crippen LogP contribution in [0.2, 0.25) is 5.02 Å². The van der Waals surface area contributed by atoms with Crippen LogP contribution in [-0.2, 0) is 4.79 Å². The average Bonchev–Trinajstić information content (AvgIpc) is 2.99. The van der Waals surface area contributed by atoms with Crippen molar-refractivity contribution >= 4 is 29.1 Å². The lowest BCUT2D eigenvalue weighted by Crippen LogP contribution is -2.51. The molecule has 1 aliphatic heterocycles. The normalized spacial score (nSPS) is 18.3. The highest BCUT2D eigenvalue weighted by Gasteiger charge is 2.51. The molecule has 28 heavy (non-hydrogen) atoms. The van der Waals surface area contributed by atoms with Crippen molar-refractivity contribution in [3.63, 3.8) is 0 Å². The van der Waals surface area contributed by atoms with Gasteiger partial charge in [-0.05, 0) is 68.1 Å². The predicted molar refractivity (Wildman–Crippen MR) is 108 cm³/mol. The van der Waals surface area contributed by atoms with Crippen LogP contribution in [0, 0.1) is 0 Å². The molecule has 1 fully saturated rings. The van der Waals surface area contributed by atoms with Crippen LogP contribution in [0.3, 0.4) is 0 Å². The van der Waals surface area contributed by atoms with Crippen LogP contribution in [0.4, 0.5) is 0 Å². The Balaban J connectivity index is 1.75. The van der Waals surface area contributed by atoms with Crippen molar-refractivity contribution in [2.75, 3.05) is 7.11 Å². The van der Waals surface area contributed by atoms with E-state index in [4.69, 9.17) is 21.3 Å². The molecule has 6 heteroatoms. The lowest BCUT2D eigenvalue weighted by atomic mass is 9.88. The van der Waals surface area contributed by atoms with Crippen molar-refractivity contribution < 1.29 is 14.3 Å². The number of methoxy groups -OCH3 is 1. The summed E-state index contributed by atoms with van der Waals surface area (Å²) in [6, 6.07) is 13.9. The third-order valence-corrected chi connectivity index (χ3v) is 5.67. The summed E-state index contributed by atoms with van der Waals surface area (Å²) < 4.78 is 5.20. The summed E-state index contributed by atoms with van der Waals surface area (Å²) in [7, 11) is 1.59. The number of carbonyl (C=O) groups excluding carboxylic acids is 2. The molecule has 4 rings (SSSR count). The lowest BCUT2D eigenvalue weighted by Gasteiger charge is -2.37. The number of aliphatic imine (C=N–C) groups is 1. The molecular formula is C22H21ClN2O3. The van der Waals surface area contributed by atoms with E-state index in [9.17, 15) is 9.59 Å². The fraction of sp³-hybridized carbons (Fsp3) is 0.318. The quantitative estimate of drug-likeness (QED) is 0.718. The summed E-state index contributed by atoms with van der Waals surface area (Å²) in [6.45, 7) is 0. The fourth-order valence-electron chi connectivity index (χ4n) is 4.02. The molecular weight excluding hydrogens is 376 g/mol. The molecule has 1 heterocycles. The second-order valence-corrected chi connectivity index (χ2v) is 7.62. The summed E-state index contributed by atoms with van der Waals surface area (Å²) >= 11 is 6.07. The van der Waals surface area contributed by atoms with E-state index in [-0.39, 0.29) is 11.8 Å². The first-order chi connectivity index (χ1) is 13.5. The Morgan fingerprint density at radius 3 is 2.46 bits per heavy atom. The molecule has 0 bridgehead atoms. The SMILES string of the molecule is COc1ccc(C2=NC3(CCCCC3)N(C(=O)c3cccc(Cl)c3)C2=O)cc1. The number of rotatable bonds is 3. The summed E-state index contributed by atoms with van der Waals surface area (Å²) in [5, 5.41) is 0.464. The third-order valence-electron chi connectivity index (χ3n) is 5.43. The largest absolute Gasteiger partial charge is 0.497 e. The average molecular weight is 397 g/mol. The molecule has 2 aromatic rings. The van der Waals surface area contributed by atoms with Gasteiger partial charge in [-0.3, -0.25) is 14.6 Å². The maximum atomic E-state index is 13.3. The third kappa shape index (κ3) is 3.20. The van der Waals surface area contributed by atoms with Gasteiger partial charge in [0.2, 0.25) is 0 Å². The first-order valence-electron chi connectivity index (χ1n) is 9.43. The van der Waals surface area contributed by atoms with Crippen LogP contribution >= 0.6 is 11.6 Å². The topological polar surface area (TPSA) is 59.0 Å². The molecule has 0 atom stereocenters. The summed E-state index contributed by atoms with van der Waals surface area (Å²) in [5.74, 6) is 0.00717. The van der Waals surface area contributed by atoms with E-state index >= 15 is 0 Å². The number of nitrogens with zero attached hydrogens (tertiary/aromatic N) is 2. The van der Waals surface area contributed by atoms with Gasteiger partial charge >= 0.3 is 0 Å². The highest BCUT2D eigenvalue weighted by atomic mass is 35.5. The first-order valence-corrected chi connectivity index (χ1v) is 9.81. The number of carbonyl (C=O) groups is 2. The maximum absolute atomic E-state index is 13.3. The van der Waals surface area contributed by atoms with Gasteiger partial charge in [-0.25, -0.2) is 4.90 Å². The van der Waals surface area contributed by atoms with Gasteiger partial charge < -0.3 is 4.74 Å². The maximum Gasteiger partial charge on any atom is 0.281 e. The standard InChI is InChI=1S/C22H21ClN2O3/c1-28-18-10-8-15(9-11-18)19-21(27)25(22(24-19)12-3-2-4-13-22)20(26)16-6-5-7-17(23)14-16/h5-11,14H,2-4,12-13H2,1H3. The van der Waals surface area contributed by atoms with Gasteiger partial charge in [-0.1, -0.05) is 24.1 Å². The van der Waals surface area contributed by atoms with Crippen LogP contribution in [0.5, 0.6) is 5.75 Å². The van der Waals surface area contributed by atoms with Gasteiger partial charge in [0.15, 0.2) is 0 Å². The van der Waals surface area contributed by atoms with Crippen LogP contribution < -0.4 is 4.74 Å². The Labute approximate surface area is 169 Å². The minimum absolute atomic E-state index is 0.333. The number of hydrogen-bond acceptors (Lipinski definition) is 4. The second-order valence-electron chi connectivity index (χ2n) is 7.19. The number of amides is 2. The van der Waals surface area contributed by atoms with Gasteiger partial charge in [-0.15, -0.1) is 0 Å². The number of ether oxygens (including phenoxy) is 1. The summed E-state index contributed by atoms with van der Waals surface area (Å²) in [6.07, 6.45) is 4.33. The van der Waals surface area contributed by atoms with Crippen molar-refractivity contribution in [2.24, 2.45) is 4.99 Å². The van der Waals surface area contributed by atoms with Gasteiger partial charge in [0, 0.05) is 16.1 Å². The Kier molecular flexibility index (Phi) is 4.94. The van der Waals surface area contributed by atoms with Crippen molar-refractivity contribution in [3.8, 4) is 5.75 Å². The van der Waals surface area contributed by atoms with Crippen LogP contribution in [0.15, 0.2) is 53.5 Å². The molecule has 1 aliphatic carbocycles. The molecule has 144 valence electrons. The molecule has 0 aromatic heterocycles. The van der Waals surface area contributed by atoms with Crippen molar-refractivity contribution in [3.05, 3.63) is 64.7 Å². The molecule has 1 saturated carbocycles. The van der Waals surface area contributed by atoms with E-state index in [2.05, 4.69) is 0 Å². The molecule has 0 N–H and O–H groups in total. The molecule has 0 saturated heterocycles. The Morgan fingerprint density at radius 2 is 1.82 bits per heavy atom. The van der Waals surface area contributed by atoms with E-state index in [0.29, 0.717) is 40.5 Å². The van der Waals surface area contributed by atoms with Gasteiger partial charge in [0.1, 0.15) is 17.1 Å². The minimum Gasteiger partial charge on any atom is -0.497 e. The smallest absolute Gasteiger partial charge is 0.281 e. The van der Waals surface area contributed by atoms with E-state index in [1.54, 1.807) is 55.6 Å². The Bertz CT molecular complexity index is 947. The zero-order chi connectivity index (χ0) is 19.7. The van der Waals surface area contributed by atoms with Crippen LogP contribution in [0.25, 0.3) is 0 Å². The number of imide groups is 1. The molecule has 1 spiro atoms. The second kappa shape index (κ2) is 7.40. The first kappa shape index (κ1) is 18.7. The van der Waals surface area contributed by atoms with E-state index in [1.165, 1.54) is 4.90 Å². The Hall–Kier alpha value is -2.66. The van der Waals surface area contributed by atoms with Gasteiger partial charge in [0.05, 0.1) is 7.11 Å². The highest BCUT2D eigenvalue weighted by molar-refractivity contribution is 6.49. The zero-order valence-electron chi connectivity index (χ0n) is 15.7. The van der Waals surface area contributed by atoms with Crippen molar-refractivity contribution in [2.45, 2.75) is 37.8 Å². The number of benzene rings is 2. The van der Waals surface area contributed by atoms with E-state index in [0.717, 1.165) is 19.3 Å². The Morgan fingerprint density at radius 1 is 1.11 bits per heavy atom. The molecule has 0 unspecified atom stereocenters.